The van der Waals surface area contributed by atoms with Crippen LogP contribution in [0.1, 0.15) is 44.4 Å². The minimum atomic E-state index is -3.54. The van der Waals surface area contributed by atoms with E-state index in [2.05, 4.69) is 6.58 Å². The highest BCUT2D eigenvalue weighted by molar-refractivity contribution is 7.92. The smallest absolute Gasteiger partial charge is 0.410 e. The number of nitrogens with zero attached hydrogens (tertiary/aromatic N) is 1. The average molecular weight is 383 g/mol. The van der Waals surface area contributed by atoms with Crippen LogP contribution in [0.15, 0.2) is 36.9 Å². The Morgan fingerprint density at radius 2 is 1.81 bits per heavy atom. The van der Waals surface area contributed by atoms with E-state index in [0.717, 1.165) is 0 Å². The van der Waals surface area contributed by atoms with Gasteiger partial charge in [-0.15, -0.1) is 6.58 Å². The van der Waals surface area contributed by atoms with Crippen molar-refractivity contribution in [1.29, 1.82) is 0 Å². The van der Waals surface area contributed by atoms with Crippen LogP contribution in [0.3, 0.4) is 0 Å². The lowest BCUT2D eigenvalue weighted by atomic mass is 10.1. The van der Waals surface area contributed by atoms with E-state index < -0.39 is 37.8 Å². The Hall–Kier alpha value is -1.89. The Bertz CT molecular complexity index is 745. The standard InChI is InChI=1S/C19H26FNO4S/c1-5-17(14-6-8-15(20)9-7-14)26(23,24)16-10-12-21(13-11-16)18(22)25-19(2,3)4/h5-9,16-17H,1,10-13H2,2-4H3. The third-order valence-electron chi connectivity index (χ3n) is 4.32. The Kier molecular flexibility index (Phi) is 6.11. The van der Waals surface area contributed by atoms with Crippen molar-refractivity contribution in [2.45, 2.75) is 49.7 Å². The maximum atomic E-state index is 13.1. The highest BCUT2D eigenvalue weighted by atomic mass is 32.2. The second-order valence-electron chi connectivity index (χ2n) is 7.46. The largest absolute Gasteiger partial charge is 0.444 e. The van der Waals surface area contributed by atoms with Gasteiger partial charge in [0.05, 0.1) is 5.25 Å². The predicted molar refractivity (Wildman–Crippen MR) is 99.1 cm³/mol. The summed E-state index contributed by atoms with van der Waals surface area (Å²) in [5, 5.41) is -1.46. The van der Waals surface area contributed by atoms with Gasteiger partial charge in [-0.2, -0.15) is 0 Å². The van der Waals surface area contributed by atoms with E-state index in [1.807, 2.05) is 0 Å². The minimum Gasteiger partial charge on any atom is -0.444 e. The SMILES string of the molecule is C=CC(c1ccc(F)cc1)S(=O)(=O)C1CCN(C(=O)OC(C)(C)C)CC1. The summed E-state index contributed by atoms with van der Waals surface area (Å²) in [7, 11) is -3.54. The molecule has 1 atom stereocenters. The number of hydrogen-bond acceptors (Lipinski definition) is 4. The van der Waals surface area contributed by atoms with E-state index in [-0.39, 0.29) is 0 Å². The molecular formula is C19H26FNO4S. The van der Waals surface area contributed by atoms with E-state index >= 15 is 0 Å². The number of likely N-dealkylation sites (tertiary alicyclic amines) is 1. The first-order valence-electron chi connectivity index (χ1n) is 8.63. The second kappa shape index (κ2) is 7.78. The molecule has 0 aliphatic carbocycles. The second-order valence-corrected chi connectivity index (χ2v) is 9.82. The number of hydrogen-bond donors (Lipinski definition) is 0. The number of sulfone groups is 1. The summed E-state index contributed by atoms with van der Waals surface area (Å²) in [5.74, 6) is -0.417. The van der Waals surface area contributed by atoms with E-state index in [0.29, 0.717) is 31.5 Å². The number of rotatable bonds is 4. The van der Waals surface area contributed by atoms with Crippen molar-refractivity contribution in [2.75, 3.05) is 13.1 Å². The van der Waals surface area contributed by atoms with E-state index in [1.54, 1.807) is 20.8 Å². The molecule has 0 bridgehead atoms. The molecule has 1 aliphatic rings. The summed E-state index contributed by atoms with van der Waals surface area (Å²) in [4.78, 5) is 13.7. The first-order valence-corrected chi connectivity index (χ1v) is 10.2. The van der Waals surface area contributed by atoms with Gasteiger partial charge in [0.25, 0.3) is 0 Å². The van der Waals surface area contributed by atoms with Crippen molar-refractivity contribution >= 4 is 15.9 Å². The van der Waals surface area contributed by atoms with E-state index in [4.69, 9.17) is 4.74 Å². The molecule has 1 aromatic rings. The molecule has 1 aromatic carbocycles. The van der Waals surface area contributed by atoms with Crippen LogP contribution in [0.25, 0.3) is 0 Å². The van der Waals surface area contributed by atoms with Crippen LogP contribution in [-0.2, 0) is 14.6 Å². The van der Waals surface area contributed by atoms with Gasteiger partial charge in [0, 0.05) is 13.1 Å². The molecule has 2 rings (SSSR count). The molecule has 144 valence electrons. The minimum absolute atomic E-state index is 0.325. The maximum absolute atomic E-state index is 13.1. The Labute approximate surface area is 154 Å². The summed E-state index contributed by atoms with van der Waals surface area (Å²) in [5.41, 5.74) is -0.0905. The van der Waals surface area contributed by atoms with Gasteiger partial charge in [0.2, 0.25) is 0 Å². The molecular weight excluding hydrogens is 357 g/mol. The van der Waals surface area contributed by atoms with Gasteiger partial charge in [-0.1, -0.05) is 18.2 Å². The fourth-order valence-electron chi connectivity index (χ4n) is 3.01. The highest BCUT2D eigenvalue weighted by Crippen LogP contribution is 2.32. The number of ether oxygens (including phenoxy) is 1. The third-order valence-corrected chi connectivity index (χ3v) is 6.90. The van der Waals surface area contributed by atoms with Crippen LogP contribution < -0.4 is 0 Å². The van der Waals surface area contributed by atoms with Crippen molar-refractivity contribution in [1.82, 2.24) is 4.90 Å². The summed E-state index contributed by atoms with van der Waals surface area (Å²) >= 11 is 0. The lowest BCUT2D eigenvalue weighted by molar-refractivity contribution is 0.0217. The van der Waals surface area contributed by atoms with Crippen LogP contribution >= 0.6 is 0 Å². The first-order chi connectivity index (χ1) is 12.0. The molecule has 1 saturated heterocycles. The number of carbonyl (C=O) groups is 1. The van der Waals surface area contributed by atoms with Gasteiger partial charge in [0.15, 0.2) is 9.84 Å². The van der Waals surface area contributed by atoms with Gasteiger partial charge < -0.3 is 9.64 Å². The lowest BCUT2D eigenvalue weighted by Crippen LogP contribution is -2.45. The van der Waals surface area contributed by atoms with Crippen molar-refractivity contribution in [2.24, 2.45) is 0 Å². The summed E-state index contributed by atoms with van der Waals surface area (Å²) in [6.45, 7) is 9.67. The molecule has 0 aromatic heterocycles. The van der Waals surface area contributed by atoms with Crippen molar-refractivity contribution in [3.8, 4) is 0 Å². The summed E-state index contributed by atoms with van der Waals surface area (Å²) in [6.07, 6.45) is 1.63. The molecule has 1 fully saturated rings. The molecule has 0 radical (unpaired) electrons. The van der Waals surface area contributed by atoms with Crippen LogP contribution in [0.2, 0.25) is 0 Å². The molecule has 1 unspecified atom stereocenters. The third kappa shape index (κ3) is 4.84. The molecule has 7 heteroatoms. The topological polar surface area (TPSA) is 63.7 Å². The fraction of sp³-hybridized carbons (Fsp3) is 0.526. The number of piperidine rings is 1. The Balaban J connectivity index is 2.08. The van der Waals surface area contributed by atoms with Gasteiger partial charge in [-0.25, -0.2) is 17.6 Å². The zero-order chi connectivity index (χ0) is 19.5. The van der Waals surface area contributed by atoms with Crippen molar-refractivity contribution in [3.05, 3.63) is 48.3 Å². The highest BCUT2D eigenvalue weighted by Gasteiger charge is 2.37. The number of carbonyl (C=O) groups excluding carboxylic acids is 1. The van der Waals surface area contributed by atoms with Gasteiger partial charge in [-0.05, 0) is 51.3 Å². The molecule has 0 saturated carbocycles. The number of amides is 1. The fourth-order valence-corrected chi connectivity index (χ4v) is 5.10. The Morgan fingerprint density at radius 1 is 1.27 bits per heavy atom. The average Bonchev–Trinajstić information content (AvgIpc) is 2.55. The predicted octanol–water partition coefficient (Wildman–Crippen LogP) is 3.87. The monoisotopic (exact) mass is 383 g/mol. The van der Waals surface area contributed by atoms with Crippen molar-refractivity contribution < 1.29 is 22.3 Å². The van der Waals surface area contributed by atoms with Gasteiger partial charge in [0.1, 0.15) is 16.7 Å². The normalized spacial score (nSPS) is 17.6. The number of benzene rings is 1. The molecule has 0 N–H and O–H groups in total. The zero-order valence-corrected chi connectivity index (χ0v) is 16.3. The van der Waals surface area contributed by atoms with Crippen LogP contribution in [0.4, 0.5) is 9.18 Å². The summed E-state index contributed by atoms with van der Waals surface area (Å²) < 4.78 is 44.5. The van der Waals surface area contributed by atoms with Crippen LogP contribution in [0, 0.1) is 5.82 Å². The van der Waals surface area contributed by atoms with E-state index in [1.165, 1.54) is 35.2 Å². The van der Waals surface area contributed by atoms with Gasteiger partial charge in [-0.3, -0.25) is 0 Å². The lowest BCUT2D eigenvalue weighted by Gasteiger charge is -2.34. The molecule has 0 spiro atoms. The first kappa shape index (κ1) is 20.4. The van der Waals surface area contributed by atoms with Crippen LogP contribution in [0.5, 0.6) is 0 Å². The molecule has 1 aliphatic heterocycles. The van der Waals surface area contributed by atoms with Crippen molar-refractivity contribution in [3.63, 3.8) is 0 Å². The number of halogens is 1. The summed E-state index contributed by atoms with van der Waals surface area (Å²) in [6, 6.07) is 5.42. The quantitative estimate of drug-likeness (QED) is 0.741. The molecule has 1 amide bonds. The Morgan fingerprint density at radius 3 is 2.27 bits per heavy atom. The molecule has 26 heavy (non-hydrogen) atoms. The molecule has 5 nitrogen and oxygen atoms in total. The molecule has 1 heterocycles. The van der Waals surface area contributed by atoms with Crippen LogP contribution in [-0.4, -0.2) is 43.4 Å². The maximum Gasteiger partial charge on any atom is 0.410 e. The van der Waals surface area contributed by atoms with E-state index in [9.17, 15) is 17.6 Å². The zero-order valence-electron chi connectivity index (χ0n) is 15.4. The van der Waals surface area contributed by atoms with Gasteiger partial charge >= 0.3 is 6.09 Å².